The van der Waals surface area contributed by atoms with E-state index in [2.05, 4.69) is 0 Å². The molecule has 1 aromatic carbocycles. The summed E-state index contributed by atoms with van der Waals surface area (Å²) in [6.07, 6.45) is 2.31. The lowest BCUT2D eigenvalue weighted by atomic mass is 9.77. The summed E-state index contributed by atoms with van der Waals surface area (Å²) in [4.78, 5) is 0. The highest BCUT2D eigenvalue weighted by Gasteiger charge is 2.64. The minimum Gasteiger partial charge on any atom is -0.496 e. The van der Waals surface area contributed by atoms with Crippen LogP contribution in [0.5, 0.6) is 5.75 Å². The van der Waals surface area contributed by atoms with Crippen molar-refractivity contribution < 1.29 is 9.84 Å². The van der Waals surface area contributed by atoms with E-state index in [-0.39, 0.29) is 12.8 Å². The maximum atomic E-state index is 11.1. The SMILES string of the molecule is COc1ccccc1C1(O)C(Cl)(Cl)C[CH]CC1(Cl)Cl. The first-order chi connectivity index (χ1) is 8.76. The molecule has 0 atom stereocenters. The molecule has 1 saturated carbocycles. The fourth-order valence-electron chi connectivity index (χ4n) is 2.34. The fraction of sp³-hybridized carbons (Fsp3) is 0.462. The second kappa shape index (κ2) is 5.16. The number of rotatable bonds is 2. The molecule has 1 aliphatic rings. The number of hydrogen-bond donors (Lipinski definition) is 1. The Labute approximate surface area is 132 Å². The molecule has 0 spiro atoms. The van der Waals surface area contributed by atoms with Gasteiger partial charge >= 0.3 is 0 Å². The highest BCUT2D eigenvalue weighted by molar-refractivity contribution is 6.54. The Balaban J connectivity index is 2.66. The van der Waals surface area contributed by atoms with E-state index in [0.717, 1.165) is 0 Å². The van der Waals surface area contributed by atoms with E-state index in [1.165, 1.54) is 7.11 Å². The van der Waals surface area contributed by atoms with E-state index in [1.807, 2.05) is 0 Å². The van der Waals surface area contributed by atoms with Crippen molar-refractivity contribution in [1.29, 1.82) is 0 Å². The van der Waals surface area contributed by atoms with Crippen LogP contribution in [0.2, 0.25) is 0 Å². The fourth-order valence-corrected chi connectivity index (χ4v) is 4.02. The maximum Gasteiger partial charge on any atom is 0.159 e. The van der Waals surface area contributed by atoms with Crippen molar-refractivity contribution in [3.05, 3.63) is 36.2 Å². The van der Waals surface area contributed by atoms with Crippen molar-refractivity contribution >= 4 is 46.4 Å². The van der Waals surface area contributed by atoms with Crippen molar-refractivity contribution in [1.82, 2.24) is 0 Å². The van der Waals surface area contributed by atoms with E-state index in [1.54, 1.807) is 30.7 Å². The number of ether oxygens (including phenoxy) is 1. The van der Waals surface area contributed by atoms with Crippen molar-refractivity contribution in [2.24, 2.45) is 0 Å². The quantitative estimate of drug-likeness (QED) is 0.815. The van der Waals surface area contributed by atoms with Gasteiger partial charge in [-0.1, -0.05) is 64.6 Å². The minimum absolute atomic E-state index is 0.270. The Hall–Kier alpha value is 0.140. The van der Waals surface area contributed by atoms with Gasteiger partial charge in [-0.25, -0.2) is 0 Å². The largest absolute Gasteiger partial charge is 0.496 e. The van der Waals surface area contributed by atoms with Crippen LogP contribution in [0.25, 0.3) is 0 Å². The van der Waals surface area contributed by atoms with Crippen molar-refractivity contribution in [2.45, 2.75) is 27.1 Å². The monoisotopic (exact) mass is 341 g/mol. The third-order valence-electron chi connectivity index (χ3n) is 3.36. The number of alkyl halides is 4. The van der Waals surface area contributed by atoms with Crippen LogP contribution in [-0.2, 0) is 5.60 Å². The molecule has 2 rings (SSSR count). The summed E-state index contributed by atoms with van der Waals surface area (Å²) in [6.45, 7) is 0. The lowest BCUT2D eigenvalue weighted by Crippen LogP contribution is -2.58. The van der Waals surface area contributed by atoms with Gasteiger partial charge in [0.2, 0.25) is 0 Å². The Morgan fingerprint density at radius 1 is 1.05 bits per heavy atom. The molecule has 105 valence electrons. The molecule has 1 aliphatic carbocycles. The number of aliphatic hydroxyl groups is 1. The van der Waals surface area contributed by atoms with Gasteiger partial charge in [-0.2, -0.15) is 0 Å². The third-order valence-corrected chi connectivity index (χ3v) is 5.07. The molecular formula is C13H13Cl4O2. The average Bonchev–Trinajstić information content (AvgIpc) is 2.35. The van der Waals surface area contributed by atoms with E-state index in [0.29, 0.717) is 11.3 Å². The molecule has 0 unspecified atom stereocenters. The van der Waals surface area contributed by atoms with Gasteiger partial charge in [-0.3, -0.25) is 0 Å². The molecule has 6 heteroatoms. The van der Waals surface area contributed by atoms with E-state index in [9.17, 15) is 5.11 Å². The van der Waals surface area contributed by atoms with Gasteiger partial charge in [0.1, 0.15) is 5.75 Å². The molecule has 1 fully saturated rings. The van der Waals surface area contributed by atoms with Gasteiger partial charge in [-0.05, 0) is 25.3 Å². The van der Waals surface area contributed by atoms with Crippen molar-refractivity contribution in [2.75, 3.05) is 7.11 Å². The van der Waals surface area contributed by atoms with Gasteiger partial charge in [0.25, 0.3) is 0 Å². The second-order valence-corrected chi connectivity index (χ2v) is 7.48. The second-order valence-electron chi connectivity index (χ2n) is 4.52. The van der Waals surface area contributed by atoms with Gasteiger partial charge in [0, 0.05) is 5.56 Å². The minimum atomic E-state index is -1.84. The molecule has 0 aromatic heterocycles. The summed E-state index contributed by atoms with van der Waals surface area (Å²) < 4.78 is 2.17. The Bertz CT molecular complexity index is 457. The van der Waals surface area contributed by atoms with Crippen LogP contribution in [0.15, 0.2) is 24.3 Å². The highest BCUT2D eigenvalue weighted by atomic mass is 35.5. The van der Waals surface area contributed by atoms with Crippen molar-refractivity contribution in [3.8, 4) is 5.75 Å². The van der Waals surface area contributed by atoms with Gasteiger partial charge in [0.15, 0.2) is 14.3 Å². The molecule has 19 heavy (non-hydrogen) atoms. The van der Waals surface area contributed by atoms with Gasteiger partial charge in [0.05, 0.1) is 7.11 Å². The zero-order valence-electron chi connectivity index (χ0n) is 10.2. The van der Waals surface area contributed by atoms with Crippen LogP contribution in [-0.4, -0.2) is 20.9 Å². The molecule has 1 aromatic rings. The number of benzene rings is 1. The summed E-state index contributed by atoms with van der Waals surface area (Å²) in [6, 6.07) is 6.86. The molecule has 0 bridgehead atoms. The molecule has 1 radical (unpaired) electrons. The van der Waals surface area contributed by atoms with E-state index < -0.39 is 14.3 Å². The first-order valence-corrected chi connectivity index (χ1v) is 7.20. The first kappa shape index (κ1) is 15.5. The molecule has 0 saturated heterocycles. The van der Waals surface area contributed by atoms with E-state index >= 15 is 0 Å². The van der Waals surface area contributed by atoms with Crippen LogP contribution >= 0.6 is 46.4 Å². The number of hydrogen-bond acceptors (Lipinski definition) is 2. The Morgan fingerprint density at radius 2 is 1.58 bits per heavy atom. The first-order valence-electron chi connectivity index (χ1n) is 5.69. The molecule has 1 N–H and O–H groups in total. The van der Waals surface area contributed by atoms with Gasteiger partial charge < -0.3 is 9.84 Å². The van der Waals surface area contributed by atoms with Crippen LogP contribution in [0.3, 0.4) is 0 Å². The number of halogens is 4. The third kappa shape index (κ3) is 2.32. The standard InChI is InChI=1S/C13H13Cl4O2/c1-19-10-6-3-2-5-9(10)13(18)11(14,15)7-4-8-12(13,16)17/h2-6,18H,7-8H2,1H3. The van der Waals surface area contributed by atoms with Crippen LogP contribution in [0, 0.1) is 6.42 Å². The zero-order chi connectivity index (χ0) is 14.3. The van der Waals surface area contributed by atoms with Crippen LogP contribution in [0.1, 0.15) is 18.4 Å². The van der Waals surface area contributed by atoms with E-state index in [4.69, 9.17) is 51.1 Å². The normalized spacial score (nSPS) is 23.9. The Morgan fingerprint density at radius 3 is 2.11 bits per heavy atom. The topological polar surface area (TPSA) is 29.5 Å². The predicted octanol–water partition coefficient (Wildman–Crippen LogP) is 4.23. The smallest absolute Gasteiger partial charge is 0.159 e. The zero-order valence-corrected chi connectivity index (χ0v) is 13.2. The number of para-hydroxylation sites is 1. The molecular weight excluding hydrogens is 330 g/mol. The molecule has 0 amide bonds. The van der Waals surface area contributed by atoms with Crippen molar-refractivity contribution in [3.63, 3.8) is 0 Å². The summed E-state index contributed by atoms with van der Waals surface area (Å²) in [7, 11) is 1.49. The molecule has 2 nitrogen and oxygen atoms in total. The predicted molar refractivity (Wildman–Crippen MR) is 79.3 cm³/mol. The number of methoxy groups -OCH3 is 1. The molecule has 0 heterocycles. The summed E-state index contributed by atoms with van der Waals surface area (Å²) >= 11 is 25.1. The van der Waals surface area contributed by atoms with Crippen LogP contribution < -0.4 is 4.74 Å². The maximum absolute atomic E-state index is 11.1. The summed E-state index contributed by atoms with van der Waals surface area (Å²) in [5, 5.41) is 11.1. The summed E-state index contributed by atoms with van der Waals surface area (Å²) in [5.74, 6) is 0.434. The highest BCUT2D eigenvalue weighted by Crippen LogP contribution is 2.61. The lowest BCUT2D eigenvalue weighted by Gasteiger charge is -2.50. The van der Waals surface area contributed by atoms with Gasteiger partial charge in [-0.15, -0.1) is 0 Å². The Kier molecular flexibility index (Phi) is 4.22. The lowest BCUT2D eigenvalue weighted by molar-refractivity contribution is -0.0121. The summed E-state index contributed by atoms with van der Waals surface area (Å²) in [5.41, 5.74) is -1.46. The van der Waals surface area contributed by atoms with Crippen LogP contribution in [0.4, 0.5) is 0 Å². The molecule has 0 aliphatic heterocycles. The average molecular weight is 343 g/mol.